The first-order valence-electron chi connectivity index (χ1n) is 11.8. The topological polar surface area (TPSA) is 96.0 Å². The fraction of sp³-hybridized carbons (Fsp3) is 0.400. The molecular formula is C25H29N5O4S. The maximum Gasteiger partial charge on any atom is 0.259 e. The molecule has 1 atom stereocenters. The minimum Gasteiger partial charge on any atom is -0.491 e. The van der Waals surface area contributed by atoms with Crippen LogP contribution in [0.2, 0.25) is 0 Å². The van der Waals surface area contributed by atoms with E-state index in [1.54, 1.807) is 24.4 Å². The van der Waals surface area contributed by atoms with E-state index in [2.05, 4.69) is 20.5 Å². The molecule has 1 aromatic carbocycles. The summed E-state index contributed by atoms with van der Waals surface area (Å²) in [4.78, 5) is 34.4. The van der Waals surface area contributed by atoms with Gasteiger partial charge in [0, 0.05) is 45.0 Å². The number of allylic oxidation sites excluding steroid dienone is 1. The molecule has 2 aromatic rings. The Labute approximate surface area is 208 Å². The second kappa shape index (κ2) is 10.7. The van der Waals surface area contributed by atoms with E-state index < -0.39 is 0 Å². The molecule has 0 saturated carbocycles. The summed E-state index contributed by atoms with van der Waals surface area (Å²) in [5.41, 5.74) is 3.31. The van der Waals surface area contributed by atoms with Crippen molar-refractivity contribution in [2.24, 2.45) is 0 Å². The molecule has 0 spiro atoms. The molecule has 0 bridgehead atoms. The van der Waals surface area contributed by atoms with Crippen molar-refractivity contribution in [2.75, 3.05) is 56.7 Å². The lowest BCUT2D eigenvalue weighted by molar-refractivity contribution is -0.115. The Balaban J connectivity index is 1.21. The molecule has 1 aromatic heterocycles. The number of hydrogen-bond acceptors (Lipinski definition) is 8. The van der Waals surface area contributed by atoms with Gasteiger partial charge in [0.1, 0.15) is 12.4 Å². The third-order valence-electron chi connectivity index (χ3n) is 6.28. The summed E-state index contributed by atoms with van der Waals surface area (Å²) in [7, 11) is 1.63. The Kier molecular flexibility index (Phi) is 7.21. The van der Waals surface area contributed by atoms with Crippen LogP contribution in [0.25, 0.3) is 0 Å². The third kappa shape index (κ3) is 5.14. The number of benzene rings is 1. The van der Waals surface area contributed by atoms with Crippen molar-refractivity contribution >= 4 is 35.0 Å². The van der Waals surface area contributed by atoms with E-state index in [1.165, 1.54) is 11.8 Å². The van der Waals surface area contributed by atoms with Crippen LogP contribution in [-0.2, 0) is 16.1 Å². The molecule has 3 aliphatic heterocycles. The highest BCUT2D eigenvalue weighted by Crippen LogP contribution is 2.40. The molecule has 5 rings (SSSR count). The van der Waals surface area contributed by atoms with Gasteiger partial charge in [-0.3, -0.25) is 19.5 Å². The third-order valence-corrected chi connectivity index (χ3v) is 7.60. The van der Waals surface area contributed by atoms with Crippen molar-refractivity contribution in [1.82, 2.24) is 15.2 Å². The SMILES string of the molecule is COCCOc1ccc2c(c1)CN(C1=CCC(C(=O)Nc3cnccc3N3CCNCC3)S1)C2=O. The first kappa shape index (κ1) is 23.7. The lowest BCUT2D eigenvalue weighted by Gasteiger charge is -2.31. The van der Waals surface area contributed by atoms with Gasteiger partial charge in [0.15, 0.2) is 0 Å². The van der Waals surface area contributed by atoms with Crippen LogP contribution in [-0.4, -0.2) is 73.5 Å². The highest BCUT2D eigenvalue weighted by Gasteiger charge is 2.35. The minimum absolute atomic E-state index is 0.0449. The number of nitrogens with zero attached hydrogens (tertiary/aromatic N) is 3. The lowest BCUT2D eigenvalue weighted by atomic mass is 10.1. The van der Waals surface area contributed by atoms with Crippen LogP contribution in [0.3, 0.4) is 0 Å². The highest BCUT2D eigenvalue weighted by atomic mass is 32.2. The van der Waals surface area contributed by atoms with Crippen molar-refractivity contribution in [3.63, 3.8) is 0 Å². The fourth-order valence-electron chi connectivity index (χ4n) is 4.47. The number of hydrogen-bond donors (Lipinski definition) is 2. The number of methoxy groups -OCH3 is 1. The number of carbonyl (C=O) groups excluding carboxylic acids is 2. The van der Waals surface area contributed by atoms with Crippen molar-refractivity contribution in [3.05, 3.63) is 58.9 Å². The van der Waals surface area contributed by atoms with Gasteiger partial charge in [-0.05, 0) is 36.2 Å². The quantitative estimate of drug-likeness (QED) is 0.540. The summed E-state index contributed by atoms with van der Waals surface area (Å²) < 4.78 is 10.7. The van der Waals surface area contributed by atoms with Crippen LogP contribution in [0.15, 0.2) is 47.8 Å². The van der Waals surface area contributed by atoms with Gasteiger partial charge >= 0.3 is 0 Å². The number of carbonyl (C=O) groups is 2. The minimum atomic E-state index is -0.300. The van der Waals surface area contributed by atoms with Crippen molar-refractivity contribution < 1.29 is 19.1 Å². The van der Waals surface area contributed by atoms with Crippen LogP contribution in [0.1, 0.15) is 22.3 Å². The number of anilines is 2. The first-order valence-corrected chi connectivity index (χ1v) is 12.7. The summed E-state index contributed by atoms with van der Waals surface area (Å²) in [6.07, 6.45) is 6.01. The Hall–Kier alpha value is -3.08. The number of pyridine rings is 1. The zero-order chi connectivity index (χ0) is 24.2. The maximum absolute atomic E-state index is 13.1. The zero-order valence-corrected chi connectivity index (χ0v) is 20.5. The Morgan fingerprint density at radius 3 is 2.94 bits per heavy atom. The van der Waals surface area contributed by atoms with E-state index in [0.29, 0.717) is 31.7 Å². The number of thioether (sulfide) groups is 1. The summed E-state index contributed by atoms with van der Waals surface area (Å²) in [5.74, 6) is 0.595. The molecule has 3 aliphatic rings. The number of nitrogens with one attached hydrogen (secondary N) is 2. The molecule has 184 valence electrons. The smallest absolute Gasteiger partial charge is 0.259 e. The van der Waals surface area contributed by atoms with E-state index in [9.17, 15) is 9.59 Å². The van der Waals surface area contributed by atoms with E-state index in [1.807, 2.05) is 30.3 Å². The monoisotopic (exact) mass is 495 g/mol. The molecule has 4 heterocycles. The van der Waals surface area contributed by atoms with Crippen molar-refractivity contribution in [1.29, 1.82) is 0 Å². The summed E-state index contributed by atoms with van der Waals surface area (Å²) >= 11 is 1.43. The van der Waals surface area contributed by atoms with E-state index in [-0.39, 0.29) is 17.1 Å². The molecule has 0 aliphatic carbocycles. The van der Waals surface area contributed by atoms with Gasteiger partial charge in [0.25, 0.3) is 5.91 Å². The van der Waals surface area contributed by atoms with Gasteiger partial charge in [-0.1, -0.05) is 17.8 Å². The van der Waals surface area contributed by atoms with Crippen molar-refractivity contribution in [3.8, 4) is 5.75 Å². The van der Waals surface area contributed by atoms with Gasteiger partial charge < -0.3 is 25.0 Å². The second-order valence-corrected chi connectivity index (χ2v) is 9.78. The van der Waals surface area contributed by atoms with Crippen LogP contribution in [0.4, 0.5) is 11.4 Å². The van der Waals surface area contributed by atoms with Crippen LogP contribution in [0, 0.1) is 0 Å². The van der Waals surface area contributed by atoms with E-state index in [4.69, 9.17) is 9.47 Å². The molecule has 10 heteroatoms. The van der Waals surface area contributed by atoms with E-state index >= 15 is 0 Å². The maximum atomic E-state index is 13.1. The Bertz CT molecular complexity index is 1130. The van der Waals surface area contributed by atoms with Crippen LogP contribution >= 0.6 is 11.8 Å². The predicted molar refractivity (Wildman–Crippen MR) is 136 cm³/mol. The average molecular weight is 496 g/mol. The summed E-state index contributed by atoms with van der Waals surface area (Å²) in [6, 6.07) is 7.48. The number of ether oxygens (including phenoxy) is 2. The predicted octanol–water partition coefficient (Wildman–Crippen LogP) is 2.46. The van der Waals surface area contributed by atoms with Gasteiger partial charge in [-0.2, -0.15) is 0 Å². The first-order chi connectivity index (χ1) is 17.1. The molecular weight excluding hydrogens is 466 g/mol. The highest BCUT2D eigenvalue weighted by molar-refractivity contribution is 8.04. The number of fused-ring (bicyclic) bond motifs is 1. The van der Waals surface area contributed by atoms with Gasteiger partial charge in [0.2, 0.25) is 5.91 Å². The second-order valence-electron chi connectivity index (χ2n) is 8.56. The fourth-order valence-corrected chi connectivity index (χ4v) is 5.59. The molecule has 1 saturated heterocycles. The standard InChI is InChI=1S/C25H29N5O4S/c1-33-12-13-34-18-2-3-19-17(14-18)16-30(25(19)32)23-5-4-22(35-23)24(31)28-20-15-27-7-6-21(20)29-10-8-26-9-11-29/h2-3,5-7,14-15,22,26H,4,8-13,16H2,1H3,(H,28,31). The molecule has 1 fully saturated rings. The zero-order valence-electron chi connectivity index (χ0n) is 19.7. The molecule has 2 N–H and O–H groups in total. The Morgan fingerprint density at radius 1 is 1.26 bits per heavy atom. The molecule has 2 amide bonds. The average Bonchev–Trinajstić information content (AvgIpc) is 3.50. The lowest BCUT2D eigenvalue weighted by Crippen LogP contribution is -2.44. The number of amides is 2. The molecule has 35 heavy (non-hydrogen) atoms. The number of rotatable bonds is 8. The molecule has 0 radical (unpaired) electrons. The number of piperazine rings is 1. The Morgan fingerprint density at radius 2 is 2.11 bits per heavy atom. The van der Waals surface area contributed by atoms with E-state index in [0.717, 1.165) is 53.9 Å². The summed E-state index contributed by atoms with van der Waals surface area (Å²) in [5, 5.41) is 6.94. The molecule has 1 unspecified atom stereocenters. The largest absolute Gasteiger partial charge is 0.491 e. The van der Waals surface area contributed by atoms with Crippen LogP contribution < -0.4 is 20.3 Å². The van der Waals surface area contributed by atoms with Gasteiger partial charge in [-0.25, -0.2) is 0 Å². The van der Waals surface area contributed by atoms with Gasteiger partial charge in [0.05, 0.1) is 41.0 Å². The van der Waals surface area contributed by atoms with Gasteiger partial charge in [-0.15, -0.1) is 0 Å². The number of aromatic nitrogens is 1. The summed E-state index contributed by atoms with van der Waals surface area (Å²) in [6.45, 7) is 5.02. The van der Waals surface area contributed by atoms with Crippen LogP contribution in [0.5, 0.6) is 5.75 Å². The van der Waals surface area contributed by atoms with Crippen molar-refractivity contribution in [2.45, 2.75) is 18.2 Å². The normalized spacial score (nSPS) is 19.5. The molecule has 9 nitrogen and oxygen atoms in total.